The molecule has 0 aliphatic carbocycles. The summed E-state index contributed by atoms with van der Waals surface area (Å²) in [6.45, 7) is 4.00. The molecule has 0 radical (unpaired) electrons. The Morgan fingerprint density at radius 2 is 1.96 bits per heavy atom. The van der Waals surface area contributed by atoms with Gasteiger partial charge in [0.2, 0.25) is 5.91 Å². The molecule has 0 spiro atoms. The lowest BCUT2D eigenvalue weighted by atomic mass is 10.1. The number of nitrogens with zero attached hydrogens (tertiary/aromatic N) is 1. The fraction of sp³-hybridized carbons (Fsp3) is 0.278. The van der Waals surface area contributed by atoms with Crippen LogP contribution in [0, 0.1) is 6.92 Å². The SMILES string of the molecule is CCOC(=O)c1sc2nc(NC(=O)Cc3ccc(SC)cc3)sc2c1C. The molecule has 1 amide bonds. The van der Waals surface area contributed by atoms with Gasteiger partial charge in [0.15, 0.2) is 5.13 Å². The molecule has 2 heterocycles. The summed E-state index contributed by atoms with van der Waals surface area (Å²) in [6, 6.07) is 7.93. The molecular weight excluding hydrogens is 388 g/mol. The standard InChI is InChI=1S/C18H18N2O3S3/c1-4-23-17(22)15-10(2)14-16(25-15)20-18(26-14)19-13(21)9-11-5-7-12(24-3)8-6-11/h5-8H,4,9H2,1-3H3,(H,19,20,21). The predicted molar refractivity (Wildman–Crippen MR) is 109 cm³/mol. The summed E-state index contributed by atoms with van der Waals surface area (Å²) in [4.78, 5) is 31.1. The number of carbonyl (C=O) groups is 2. The minimum Gasteiger partial charge on any atom is -0.462 e. The number of thioether (sulfide) groups is 1. The fourth-order valence-electron chi connectivity index (χ4n) is 2.43. The van der Waals surface area contributed by atoms with Gasteiger partial charge in [-0.1, -0.05) is 23.5 Å². The predicted octanol–water partition coefficient (Wildman–Crippen LogP) is 4.75. The average Bonchev–Trinajstić information content (AvgIpc) is 3.14. The minimum absolute atomic E-state index is 0.105. The third-order valence-electron chi connectivity index (χ3n) is 3.71. The molecule has 0 saturated carbocycles. The Hall–Kier alpha value is -1.90. The lowest BCUT2D eigenvalue weighted by Gasteiger charge is -2.03. The molecule has 136 valence electrons. The van der Waals surface area contributed by atoms with Crippen molar-refractivity contribution >= 4 is 61.0 Å². The van der Waals surface area contributed by atoms with Crippen LogP contribution in [-0.2, 0) is 16.0 Å². The van der Waals surface area contributed by atoms with Gasteiger partial charge in [-0.05, 0) is 43.4 Å². The maximum atomic E-state index is 12.3. The molecule has 0 bridgehead atoms. The Labute approximate surface area is 163 Å². The summed E-state index contributed by atoms with van der Waals surface area (Å²) in [7, 11) is 0. The molecule has 1 aromatic carbocycles. The summed E-state index contributed by atoms with van der Waals surface area (Å²) >= 11 is 4.35. The van der Waals surface area contributed by atoms with Crippen LogP contribution in [0.25, 0.3) is 9.53 Å². The number of anilines is 1. The van der Waals surface area contributed by atoms with Gasteiger partial charge in [0, 0.05) is 4.90 Å². The Bertz CT molecular complexity index is 945. The van der Waals surface area contributed by atoms with Crippen LogP contribution in [0.4, 0.5) is 5.13 Å². The minimum atomic E-state index is -0.320. The zero-order valence-corrected chi connectivity index (χ0v) is 17.1. The van der Waals surface area contributed by atoms with Crippen molar-refractivity contribution in [3.63, 3.8) is 0 Å². The second kappa shape index (κ2) is 8.20. The number of carbonyl (C=O) groups excluding carboxylic acids is 2. The maximum absolute atomic E-state index is 12.3. The van der Waals surface area contributed by atoms with E-state index in [1.807, 2.05) is 37.4 Å². The van der Waals surface area contributed by atoms with Crippen LogP contribution in [-0.4, -0.2) is 29.7 Å². The van der Waals surface area contributed by atoms with Gasteiger partial charge >= 0.3 is 5.97 Å². The zero-order chi connectivity index (χ0) is 18.7. The van der Waals surface area contributed by atoms with Crippen LogP contribution >= 0.6 is 34.4 Å². The highest BCUT2D eigenvalue weighted by molar-refractivity contribution is 7.98. The second-order valence-electron chi connectivity index (χ2n) is 5.50. The van der Waals surface area contributed by atoms with Crippen LogP contribution in [0.5, 0.6) is 0 Å². The number of ether oxygens (including phenoxy) is 1. The quantitative estimate of drug-likeness (QED) is 0.473. The van der Waals surface area contributed by atoms with Crippen molar-refractivity contribution in [1.29, 1.82) is 0 Å². The monoisotopic (exact) mass is 406 g/mol. The molecule has 0 aliphatic rings. The largest absolute Gasteiger partial charge is 0.462 e. The van der Waals surface area contributed by atoms with E-state index in [0.717, 1.165) is 20.7 Å². The summed E-state index contributed by atoms with van der Waals surface area (Å²) < 4.78 is 5.98. The number of rotatable bonds is 6. The van der Waals surface area contributed by atoms with E-state index in [1.165, 1.54) is 27.6 Å². The van der Waals surface area contributed by atoms with Gasteiger partial charge in [0.05, 0.1) is 17.7 Å². The highest BCUT2D eigenvalue weighted by atomic mass is 32.2. The Morgan fingerprint density at radius 1 is 1.23 bits per heavy atom. The number of thiazole rings is 1. The first kappa shape index (κ1) is 18.9. The smallest absolute Gasteiger partial charge is 0.348 e. The number of aromatic nitrogens is 1. The summed E-state index contributed by atoms with van der Waals surface area (Å²) in [6.07, 6.45) is 2.32. The molecule has 5 nitrogen and oxygen atoms in total. The van der Waals surface area contributed by atoms with Crippen LogP contribution in [0.1, 0.15) is 27.7 Å². The van der Waals surface area contributed by atoms with Gasteiger partial charge in [0.1, 0.15) is 9.71 Å². The molecule has 1 N–H and O–H groups in total. The third-order valence-corrected chi connectivity index (χ3v) is 6.84. The number of hydrogen-bond donors (Lipinski definition) is 1. The van der Waals surface area contributed by atoms with E-state index >= 15 is 0 Å². The number of esters is 1. The number of hydrogen-bond acceptors (Lipinski definition) is 7. The van der Waals surface area contributed by atoms with E-state index in [0.29, 0.717) is 23.0 Å². The van der Waals surface area contributed by atoms with Crippen LogP contribution in [0.15, 0.2) is 29.2 Å². The van der Waals surface area contributed by atoms with E-state index in [2.05, 4.69) is 10.3 Å². The van der Waals surface area contributed by atoms with E-state index < -0.39 is 0 Å². The Morgan fingerprint density at radius 3 is 2.58 bits per heavy atom. The van der Waals surface area contributed by atoms with Crippen molar-refractivity contribution in [3.05, 3.63) is 40.3 Å². The summed E-state index contributed by atoms with van der Waals surface area (Å²) in [5, 5.41) is 3.40. The van der Waals surface area contributed by atoms with Gasteiger partial charge in [-0.2, -0.15) is 0 Å². The normalized spacial score (nSPS) is 10.9. The first-order chi connectivity index (χ1) is 12.5. The number of fused-ring (bicyclic) bond motifs is 1. The average molecular weight is 407 g/mol. The second-order valence-corrected chi connectivity index (χ2v) is 8.38. The molecule has 0 unspecified atom stereocenters. The van der Waals surface area contributed by atoms with Gasteiger partial charge in [-0.3, -0.25) is 4.79 Å². The van der Waals surface area contributed by atoms with Crippen molar-refractivity contribution in [2.45, 2.75) is 25.2 Å². The number of amides is 1. The van der Waals surface area contributed by atoms with Gasteiger partial charge in [-0.25, -0.2) is 9.78 Å². The van der Waals surface area contributed by atoms with E-state index in [4.69, 9.17) is 4.74 Å². The lowest BCUT2D eigenvalue weighted by Crippen LogP contribution is -2.14. The van der Waals surface area contributed by atoms with Gasteiger partial charge < -0.3 is 10.1 Å². The number of nitrogens with one attached hydrogen (secondary N) is 1. The van der Waals surface area contributed by atoms with Crippen molar-refractivity contribution in [2.24, 2.45) is 0 Å². The molecular formula is C18H18N2O3S3. The van der Waals surface area contributed by atoms with Crippen molar-refractivity contribution in [2.75, 3.05) is 18.2 Å². The molecule has 2 aromatic heterocycles. The van der Waals surface area contributed by atoms with Crippen molar-refractivity contribution in [1.82, 2.24) is 4.98 Å². The maximum Gasteiger partial charge on any atom is 0.348 e. The first-order valence-electron chi connectivity index (χ1n) is 8.01. The summed E-state index contributed by atoms with van der Waals surface area (Å²) in [5.41, 5.74) is 1.81. The van der Waals surface area contributed by atoms with E-state index in [1.54, 1.807) is 18.7 Å². The molecule has 0 aliphatic heterocycles. The fourth-order valence-corrected chi connectivity index (χ4v) is 5.06. The highest BCUT2D eigenvalue weighted by Gasteiger charge is 2.20. The van der Waals surface area contributed by atoms with Crippen LogP contribution < -0.4 is 5.32 Å². The Kier molecular flexibility index (Phi) is 5.95. The first-order valence-corrected chi connectivity index (χ1v) is 10.9. The van der Waals surface area contributed by atoms with E-state index in [9.17, 15) is 9.59 Å². The number of thiophene rings is 1. The molecule has 0 saturated heterocycles. The van der Waals surface area contributed by atoms with Crippen molar-refractivity contribution in [3.8, 4) is 0 Å². The lowest BCUT2D eigenvalue weighted by molar-refractivity contribution is -0.115. The zero-order valence-electron chi connectivity index (χ0n) is 14.6. The Balaban J connectivity index is 1.70. The van der Waals surface area contributed by atoms with Gasteiger partial charge in [-0.15, -0.1) is 23.1 Å². The number of aryl methyl sites for hydroxylation is 1. The molecule has 0 atom stereocenters. The topological polar surface area (TPSA) is 68.3 Å². The van der Waals surface area contributed by atoms with E-state index in [-0.39, 0.29) is 11.9 Å². The summed E-state index contributed by atoms with van der Waals surface area (Å²) in [5.74, 6) is -0.425. The molecule has 0 fully saturated rings. The van der Waals surface area contributed by atoms with Crippen molar-refractivity contribution < 1.29 is 14.3 Å². The molecule has 26 heavy (non-hydrogen) atoms. The van der Waals surface area contributed by atoms with Gasteiger partial charge in [0.25, 0.3) is 0 Å². The van der Waals surface area contributed by atoms with Crippen LogP contribution in [0.3, 0.4) is 0 Å². The third kappa shape index (κ3) is 4.08. The molecule has 3 aromatic rings. The highest BCUT2D eigenvalue weighted by Crippen LogP contribution is 2.37. The molecule has 3 rings (SSSR count). The van der Waals surface area contributed by atoms with Crippen LogP contribution in [0.2, 0.25) is 0 Å². The number of benzene rings is 1. The molecule has 8 heteroatoms.